The summed E-state index contributed by atoms with van der Waals surface area (Å²) in [5.41, 5.74) is 4.96. The number of anilines is 1. The molecule has 1 aromatic heterocycles. The topological polar surface area (TPSA) is 71.5 Å². The molecule has 1 aliphatic rings. The first-order valence-electron chi connectivity index (χ1n) is 10.9. The molecule has 0 atom stereocenters. The van der Waals surface area contributed by atoms with Crippen LogP contribution in [0.5, 0.6) is 5.75 Å². The van der Waals surface area contributed by atoms with Crippen molar-refractivity contribution in [2.45, 2.75) is 40.3 Å². The highest BCUT2D eigenvalue weighted by atomic mass is 16.5. The maximum Gasteiger partial charge on any atom is 0.278 e. The number of nitrogens with zero attached hydrogens (tertiary/aromatic N) is 2. The minimum Gasteiger partial charge on any atom is -0.491 e. The molecular formula is C27H27N3O3. The molecule has 6 nitrogen and oxygen atoms in total. The van der Waals surface area contributed by atoms with Gasteiger partial charge in [-0.3, -0.25) is 19.5 Å². The number of benzene rings is 2. The van der Waals surface area contributed by atoms with E-state index in [4.69, 9.17) is 4.74 Å². The zero-order valence-corrected chi connectivity index (χ0v) is 19.3. The number of hydrogen-bond donors (Lipinski definition) is 1. The van der Waals surface area contributed by atoms with Crippen LogP contribution in [0.15, 0.2) is 72.7 Å². The van der Waals surface area contributed by atoms with Gasteiger partial charge in [0.1, 0.15) is 11.4 Å². The molecule has 3 aromatic rings. The average molecular weight is 442 g/mol. The van der Waals surface area contributed by atoms with Crippen molar-refractivity contribution in [1.82, 2.24) is 9.88 Å². The monoisotopic (exact) mass is 441 g/mol. The van der Waals surface area contributed by atoms with Crippen LogP contribution in [0.2, 0.25) is 0 Å². The molecule has 2 heterocycles. The highest BCUT2D eigenvalue weighted by molar-refractivity contribution is 6.36. The van der Waals surface area contributed by atoms with Crippen molar-refractivity contribution in [3.63, 3.8) is 0 Å². The van der Waals surface area contributed by atoms with Crippen LogP contribution in [0.1, 0.15) is 36.1 Å². The van der Waals surface area contributed by atoms with E-state index in [0.717, 1.165) is 22.4 Å². The molecule has 0 unspecified atom stereocenters. The third-order valence-electron chi connectivity index (χ3n) is 5.24. The predicted octanol–water partition coefficient (Wildman–Crippen LogP) is 4.88. The van der Waals surface area contributed by atoms with Crippen LogP contribution in [0.3, 0.4) is 0 Å². The van der Waals surface area contributed by atoms with Crippen molar-refractivity contribution in [2.75, 3.05) is 5.32 Å². The van der Waals surface area contributed by atoms with Crippen LogP contribution >= 0.6 is 0 Å². The highest BCUT2D eigenvalue weighted by Gasteiger charge is 2.39. The Morgan fingerprint density at radius 1 is 0.970 bits per heavy atom. The number of aromatic nitrogens is 1. The first-order chi connectivity index (χ1) is 15.8. The van der Waals surface area contributed by atoms with Gasteiger partial charge < -0.3 is 10.1 Å². The number of carbonyl (C=O) groups is 2. The Labute approximate surface area is 193 Å². The molecule has 4 rings (SSSR count). The lowest BCUT2D eigenvalue weighted by Crippen LogP contribution is -2.32. The summed E-state index contributed by atoms with van der Waals surface area (Å²) in [6.07, 6.45) is 3.36. The minimum atomic E-state index is -0.361. The number of hydrogen-bond acceptors (Lipinski definition) is 5. The molecule has 2 aromatic carbocycles. The molecule has 6 heteroatoms. The molecule has 0 saturated carbocycles. The van der Waals surface area contributed by atoms with Gasteiger partial charge >= 0.3 is 0 Å². The SMILES string of the molecule is Cc1cc(C)cc(NC2=C(c3ccc(OC(C)C)cc3)C(=O)N(Cc3cccnc3)C2=O)c1. The molecule has 0 aliphatic carbocycles. The first kappa shape index (κ1) is 22.3. The summed E-state index contributed by atoms with van der Waals surface area (Å²) >= 11 is 0. The number of amides is 2. The maximum absolute atomic E-state index is 13.5. The molecule has 1 N–H and O–H groups in total. The average Bonchev–Trinajstić information content (AvgIpc) is 2.98. The smallest absolute Gasteiger partial charge is 0.278 e. The molecule has 1 aliphatic heterocycles. The van der Waals surface area contributed by atoms with E-state index in [1.165, 1.54) is 4.90 Å². The van der Waals surface area contributed by atoms with Crippen molar-refractivity contribution >= 4 is 23.1 Å². The second-order valence-electron chi connectivity index (χ2n) is 8.50. The number of nitrogens with one attached hydrogen (secondary N) is 1. The van der Waals surface area contributed by atoms with Gasteiger partial charge in [0.25, 0.3) is 11.8 Å². The zero-order chi connectivity index (χ0) is 23.5. The number of aryl methyl sites for hydroxylation is 2. The van der Waals surface area contributed by atoms with Crippen molar-refractivity contribution in [3.8, 4) is 5.75 Å². The molecule has 0 radical (unpaired) electrons. The third-order valence-corrected chi connectivity index (χ3v) is 5.24. The van der Waals surface area contributed by atoms with Crippen LogP contribution < -0.4 is 10.1 Å². The molecular weight excluding hydrogens is 414 g/mol. The summed E-state index contributed by atoms with van der Waals surface area (Å²) in [4.78, 5) is 32.3. The van der Waals surface area contributed by atoms with Gasteiger partial charge in [-0.05, 0) is 80.3 Å². The zero-order valence-electron chi connectivity index (χ0n) is 19.3. The lowest BCUT2D eigenvalue weighted by molar-refractivity contribution is -0.137. The summed E-state index contributed by atoms with van der Waals surface area (Å²) in [7, 11) is 0. The van der Waals surface area contributed by atoms with E-state index in [1.54, 1.807) is 18.5 Å². The van der Waals surface area contributed by atoms with Gasteiger partial charge in [-0.2, -0.15) is 0 Å². The van der Waals surface area contributed by atoms with Gasteiger partial charge in [0.05, 0.1) is 18.2 Å². The van der Waals surface area contributed by atoms with Crippen LogP contribution in [0.25, 0.3) is 5.57 Å². The van der Waals surface area contributed by atoms with Crippen molar-refractivity contribution in [1.29, 1.82) is 0 Å². The number of rotatable bonds is 7. The Balaban J connectivity index is 1.73. The standard InChI is InChI=1S/C27H27N3O3/c1-17(2)33-23-9-7-21(8-10-23)24-25(29-22-13-18(3)12-19(4)14-22)27(32)30(26(24)31)16-20-6-5-11-28-15-20/h5-15,17,29H,16H2,1-4H3. The predicted molar refractivity (Wildman–Crippen MR) is 128 cm³/mol. The summed E-state index contributed by atoms with van der Waals surface area (Å²) < 4.78 is 5.73. The summed E-state index contributed by atoms with van der Waals surface area (Å²) in [6, 6.07) is 16.9. The van der Waals surface area contributed by atoms with E-state index in [2.05, 4.69) is 16.4 Å². The number of imide groups is 1. The Hall–Kier alpha value is -3.93. The summed E-state index contributed by atoms with van der Waals surface area (Å²) in [5.74, 6) is 0.0101. The van der Waals surface area contributed by atoms with Gasteiger partial charge in [-0.15, -0.1) is 0 Å². The Morgan fingerprint density at radius 2 is 1.67 bits per heavy atom. The number of ether oxygens (including phenoxy) is 1. The minimum absolute atomic E-state index is 0.0431. The Kier molecular flexibility index (Phi) is 6.27. The lowest BCUT2D eigenvalue weighted by atomic mass is 10.0. The van der Waals surface area contributed by atoms with Gasteiger partial charge in [0.15, 0.2) is 0 Å². The number of carbonyl (C=O) groups excluding carboxylic acids is 2. The number of pyridine rings is 1. The van der Waals surface area contributed by atoms with Gasteiger partial charge in [-0.1, -0.05) is 24.3 Å². The van der Waals surface area contributed by atoms with E-state index in [0.29, 0.717) is 16.9 Å². The fourth-order valence-electron chi connectivity index (χ4n) is 3.94. The van der Waals surface area contributed by atoms with Gasteiger partial charge in [0.2, 0.25) is 0 Å². The molecule has 0 bridgehead atoms. The van der Waals surface area contributed by atoms with Crippen molar-refractivity contribution in [2.24, 2.45) is 0 Å². The van der Waals surface area contributed by atoms with Crippen LogP contribution in [0, 0.1) is 13.8 Å². The summed E-state index contributed by atoms with van der Waals surface area (Å²) in [6.45, 7) is 8.06. The Bertz CT molecular complexity index is 1190. The van der Waals surface area contributed by atoms with Crippen LogP contribution in [-0.2, 0) is 16.1 Å². The lowest BCUT2D eigenvalue weighted by Gasteiger charge is -2.15. The second-order valence-corrected chi connectivity index (χ2v) is 8.50. The summed E-state index contributed by atoms with van der Waals surface area (Å²) in [5, 5.41) is 3.23. The fraction of sp³-hybridized carbons (Fsp3) is 0.222. The quantitative estimate of drug-likeness (QED) is 0.529. The van der Waals surface area contributed by atoms with E-state index in [-0.39, 0.29) is 30.2 Å². The molecule has 2 amide bonds. The third kappa shape index (κ3) is 4.95. The maximum atomic E-state index is 13.5. The van der Waals surface area contributed by atoms with Gasteiger partial charge in [-0.25, -0.2) is 0 Å². The molecule has 33 heavy (non-hydrogen) atoms. The van der Waals surface area contributed by atoms with Crippen molar-refractivity contribution in [3.05, 3.63) is 94.9 Å². The van der Waals surface area contributed by atoms with E-state index in [9.17, 15) is 9.59 Å². The molecule has 0 spiro atoms. The molecule has 168 valence electrons. The Morgan fingerprint density at radius 3 is 2.27 bits per heavy atom. The molecule has 0 fully saturated rings. The second kappa shape index (κ2) is 9.28. The van der Waals surface area contributed by atoms with Gasteiger partial charge in [0, 0.05) is 18.1 Å². The van der Waals surface area contributed by atoms with Crippen LogP contribution in [0.4, 0.5) is 5.69 Å². The highest BCUT2D eigenvalue weighted by Crippen LogP contribution is 2.32. The van der Waals surface area contributed by atoms with E-state index < -0.39 is 0 Å². The van der Waals surface area contributed by atoms with Crippen LogP contribution in [-0.4, -0.2) is 27.8 Å². The van der Waals surface area contributed by atoms with E-state index >= 15 is 0 Å². The first-order valence-corrected chi connectivity index (χ1v) is 10.9. The van der Waals surface area contributed by atoms with Crippen molar-refractivity contribution < 1.29 is 14.3 Å². The van der Waals surface area contributed by atoms with E-state index in [1.807, 2.05) is 70.2 Å². The largest absolute Gasteiger partial charge is 0.491 e. The fourth-order valence-corrected chi connectivity index (χ4v) is 3.94. The molecule has 0 saturated heterocycles. The normalized spacial score (nSPS) is 13.8.